The third-order valence-electron chi connectivity index (χ3n) is 6.40. The summed E-state index contributed by atoms with van der Waals surface area (Å²) in [5.74, 6) is -38.0. The van der Waals surface area contributed by atoms with Crippen molar-refractivity contribution in [3.05, 3.63) is 0 Å². The van der Waals surface area contributed by atoms with Crippen molar-refractivity contribution in [1.29, 1.82) is 0 Å². The van der Waals surface area contributed by atoms with Crippen LogP contribution in [0.25, 0.3) is 0 Å². The lowest BCUT2D eigenvalue weighted by atomic mass is 9.41. The van der Waals surface area contributed by atoms with Gasteiger partial charge in [-0.05, 0) is 20.8 Å². The van der Waals surface area contributed by atoms with E-state index in [4.69, 9.17) is 0 Å². The summed E-state index contributed by atoms with van der Waals surface area (Å²) in [5.41, 5.74) is -29.5. The summed E-state index contributed by atoms with van der Waals surface area (Å²) >= 11 is 0. The summed E-state index contributed by atoms with van der Waals surface area (Å²) in [6.45, 7) is -0.111. The fraction of sp³-hybridized carbons (Fsp3) is 0.941. The molecule has 4 aliphatic rings. The van der Waals surface area contributed by atoms with Gasteiger partial charge in [0, 0.05) is 0 Å². The van der Waals surface area contributed by atoms with Gasteiger partial charge in [-0.1, -0.05) is 0 Å². The summed E-state index contributed by atoms with van der Waals surface area (Å²) in [7, 11) is 0. The number of carbonyl (C=O) groups excluding carboxylic acids is 1. The van der Waals surface area contributed by atoms with Crippen molar-refractivity contribution < 1.29 is 75.7 Å². The molecule has 3 nitrogen and oxygen atoms in total. The first-order valence-electron chi connectivity index (χ1n) is 9.19. The van der Waals surface area contributed by atoms with E-state index in [0.717, 1.165) is 0 Å². The van der Waals surface area contributed by atoms with E-state index >= 15 is 0 Å². The largest absolute Gasteiger partial charge is 0.463 e. The number of hydrogen-bond donors (Lipinski definition) is 0. The van der Waals surface area contributed by atoms with Gasteiger partial charge < -0.3 is 9.47 Å². The van der Waals surface area contributed by atoms with Crippen molar-refractivity contribution in [2.75, 3.05) is 13.2 Å². The number of rotatable bonds is 4. The smallest absolute Gasteiger partial charge is 0.336 e. The summed E-state index contributed by atoms with van der Waals surface area (Å²) in [4.78, 5) is 11.6. The van der Waals surface area contributed by atoms with E-state index in [-0.39, 0.29) is 0 Å². The minimum Gasteiger partial charge on any atom is -0.463 e. The molecule has 0 heterocycles. The summed E-state index contributed by atoms with van der Waals surface area (Å²) in [6.07, 6.45) is -5.90. The Balaban J connectivity index is 2.27. The highest BCUT2D eigenvalue weighted by Crippen LogP contribution is 2.86. The van der Waals surface area contributed by atoms with Gasteiger partial charge in [0.1, 0.15) is 6.61 Å². The van der Waals surface area contributed by atoms with Crippen LogP contribution in [0.2, 0.25) is 0 Å². The molecular weight excluding hydrogens is 518 g/mol. The van der Waals surface area contributed by atoms with Crippen molar-refractivity contribution in [3.8, 4) is 0 Å². The van der Waals surface area contributed by atoms with E-state index < -0.39 is 83.0 Å². The Bertz CT molecular complexity index is 870. The molecule has 0 spiro atoms. The normalized spacial score (nSPS) is 44.7. The molecule has 0 aromatic heterocycles. The molecule has 0 aromatic rings. The lowest BCUT2D eigenvalue weighted by Crippen LogP contribution is -3.08. The van der Waals surface area contributed by atoms with Crippen LogP contribution in [-0.2, 0) is 14.3 Å². The van der Waals surface area contributed by atoms with Crippen LogP contribution in [0.4, 0.5) is 61.5 Å². The maximum atomic E-state index is 14.9. The Labute approximate surface area is 180 Å². The van der Waals surface area contributed by atoms with E-state index in [1.54, 1.807) is 0 Å². The Kier molecular flexibility index (Phi) is 4.95. The van der Waals surface area contributed by atoms with Gasteiger partial charge in [-0.2, -0.15) is 43.9 Å². The van der Waals surface area contributed by atoms with Crippen LogP contribution in [0.1, 0.15) is 20.8 Å². The maximum absolute atomic E-state index is 14.9. The van der Waals surface area contributed by atoms with E-state index in [9.17, 15) is 66.3 Å². The number of esters is 1. The monoisotopic (exact) mass is 532 g/mol. The fourth-order valence-corrected chi connectivity index (χ4v) is 4.56. The van der Waals surface area contributed by atoms with Crippen molar-refractivity contribution in [2.24, 2.45) is 5.41 Å². The number of ether oxygens (including phenoxy) is 2. The Hall–Kier alpha value is -1.55. The zero-order chi connectivity index (χ0) is 27.0. The van der Waals surface area contributed by atoms with Crippen molar-refractivity contribution in [3.63, 3.8) is 0 Å². The SMILES string of the molecule is CC(C)(C)C(=O)OCCOC12C(F)(F)C3(F)C(F)C(F)(C(F)(F)C(F)(C3(F)F)C1(F)F)C2(F)F. The fourth-order valence-electron chi connectivity index (χ4n) is 4.56. The first-order chi connectivity index (χ1) is 14.8. The van der Waals surface area contributed by atoms with Crippen LogP contribution in [0.15, 0.2) is 0 Å². The van der Waals surface area contributed by atoms with E-state index in [1.807, 2.05) is 0 Å². The quantitative estimate of drug-likeness (QED) is 0.290. The van der Waals surface area contributed by atoms with Crippen LogP contribution in [0.5, 0.6) is 0 Å². The molecule has 0 aliphatic heterocycles. The molecule has 17 heteroatoms. The highest BCUT2D eigenvalue weighted by atomic mass is 19.3. The third kappa shape index (κ3) is 2.02. The van der Waals surface area contributed by atoms with E-state index in [1.165, 1.54) is 20.8 Å². The second-order valence-electron chi connectivity index (χ2n) is 9.23. The predicted octanol–water partition coefficient (Wildman–Crippen LogP) is 5.01. The molecule has 0 N–H and O–H groups in total. The van der Waals surface area contributed by atoms with E-state index in [2.05, 4.69) is 9.47 Å². The van der Waals surface area contributed by atoms with Crippen LogP contribution >= 0.6 is 0 Å². The highest BCUT2D eigenvalue weighted by molar-refractivity contribution is 5.75. The van der Waals surface area contributed by atoms with Crippen LogP contribution in [-0.4, -0.2) is 77.6 Å². The molecule has 2 unspecified atom stereocenters. The summed E-state index contributed by atoms with van der Waals surface area (Å²) in [5, 5.41) is 0. The molecule has 198 valence electrons. The van der Waals surface area contributed by atoms with Crippen LogP contribution < -0.4 is 0 Å². The van der Waals surface area contributed by atoms with Crippen LogP contribution in [0.3, 0.4) is 0 Å². The highest BCUT2D eigenvalue weighted by Gasteiger charge is 3.19. The van der Waals surface area contributed by atoms with Gasteiger partial charge in [0.15, 0.2) is 6.17 Å². The Morgan fingerprint density at radius 2 is 1.06 bits per heavy atom. The molecule has 4 rings (SSSR count). The van der Waals surface area contributed by atoms with Gasteiger partial charge >= 0.3 is 41.3 Å². The maximum Gasteiger partial charge on any atom is 0.336 e. The number of hydrogen-bond acceptors (Lipinski definition) is 3. The Morgan fingerprint density at radius 1 is 0.676 bits per heavy atom. The minimum atomic E-state index is -7.45. The number of carbonyl (C=O) groups is 1. The average Bonchev–Trinajstić information content (AvgIpc) is 2.66. The third-order valence-corrected chi connectivity index (χ3v) is 6.40. The minimum absolute atomic E-state index is 1.18. The molecule has 0 amide bonds. The first kappa shape index (κ1) is 27.0. The summed E-state index contributed by atoms with van der Waals surface area (Å²) < 4.78 is 212. The molecule has 0 saturated heterocycles. The number of halogens is 14. The molecule has 4 bridgehead atoms. The van der Waals surface area contributed by atoms with Gasteiger partial charge in [0.2, 0.25) is 0 Å². The zero-order valence-electron chi connectivity index (χ0n) is 17.0. The first-order valence-corrected chi connectivity index (χ1v) is 9.19. The van der Waals surface area contributed by atoms with E-state index in [0.29, 0.717) is 0 Å². The lowest BCUT2D eigenvalue weighted by Gasteiger charge is -2.73. The molecule has 4 fully saturated rings. The molecule has 34 heavy (non-hydrogen) atoms. The molecule has 4 saturated carbocycles. The Morgan fingerprint density at radius 3 is 1.41 bits per heavy atom. The predicted molar refractivity (Wildman–Crippen MR) is 80.2 cm³/mol. The molecular formula is C17H14F14O3. The van der Waals surface area contributed by atoms with Gasteiger partial charge in [0.05, 0.1) is 12.0 Å². The second-order valence-corrected chi connectivity index (χ2v) is 9.23. The lowest BCUT2D eigenvalue weighted by molar-refractivity contribution is -0.593. The van der Waals surface area contributed by atoms with Gasteiger partial charge in [0.25, 0.3) is 16.9 Å². The second kappa shape index (κ2) is 6.22. The molecule has 4 aliphatic carbocycles. The molecule has 0 aromatic carbocycles. The van der Waals surface area contributed by atoms with Gasteiger partial charge in [-0.3, -0.25) is 4.79 Å². The average molecular weight is 532 g/mol. The molecule has 2 atom stereocenters. The number of alkyl halides is 14. The van der Waals surface area contributed by atoms with Crippen molar-refractivity contribution in [1.82, 2.24) is 0 Å². The summed E-state index contributed by atoms with van der Waals surface area (Å²) in [6, 6.07) is 0. The van der Waals surface area contributed by atoms with Gasteiger partial charge in [-0.25, -0.2) is 17.6 Å². The zero-order valence-corrected chi connectivity index (χ0v) is 17.0. The van der Waals surface area contributed by atoms with Crippen LogP contribution in [0, 0.1) is 5.41 Å². The molecule has 0 radical (unpaired) electrons. The van der Waals surface area contributed by atoms with Gasteiger partial charge in [-0.15, -0.1) is 0 Å². The standard InChI is InChI=1S/C17H14F14O3/c1-8(2,3)7(32)33-4-5-34-12-15(26,27)9(19)6(18)10(20,16(12,28)29)14(24,25)11(21,13(9,22)23)17(12,30)31/h6H,4-5H2,1-3H3. The topological polar surface area (TPSA) is 35.5 Å². The van der Waals surface area contributed by atoms with Crippen molar-refractivity contribution in [2.45, 2.75) is 79.2 Å². The van der Waals surface area contributed by atoms with Crippen molar-refractivity contribution >= 4 is 5.97 Å².